The maximum atomic E-state index is 12.7. The van der Waals surface area contributed by atoms with E-state index in [0.717, 1.165) is 18.4 Å². The van der Waals surface area contributed by atoms with Crippen molar-refractivity contribution in [2.75, 3.05) is 26.2 Å². The molecule has 1 aromatic rings. The van der Waals surface area contributed by atoms with E-state index in [0.29, 0.717) is 36.2 Å². The molecule has 1 aliphatic heterocycles. The summed E-state index contributed by atoms with van der Waals surface area (Å²) in [4.78, 5) is 28.5. The number of rotatable bonds is 3. The monoisotopic (exact) mass is 458 g/mol. The lowest BCUT2D eigenvalue weighted by Gasteiger charge is -2.35. The van der Waals surface area contributed by atoms with Crippen molar-refractivity contribution in [2.45, 2.75) is 32.2 Å². The number of carbonyl (C=O) groups excluding carboxylic acids is 2. The number of nitriles is 1. The summed E-state index contributed by atoms with van der Waals surface area (Å²) in [6, 6.07) is 6.98. The second-order valence-corrected chi connectivity index (χ2v) is 8.92. The number of nitrogens with zero attached hydrogens (tertiary/aromatic N) is 3. The molecular weight excluding hydrogens is 435 g/mol. The first-order valence-electron chi connectivity index (χ1n) is 10.2. The lowest BCUT2D eigenvalue weighted by molar-refractivity contribution is -0.128. The van der Waals surface area contributed by atoms with E-state index in [9.17, 15) is 14.9 Å². The van der Waals surface area contributed by atoms with Crippen LogP contribution in [0.5, 0.6) is 0 Å². The smallest absolute Gasteiger partial charge is 0.318 e. The Balaban J connectivity index is 1.56. The summed E-state index contributed by atoms with van der Waals surface area (Å²) in [5, 5.41) is 13.2. The number of allylic oxidation sites excluding steroid dienone is 1. The lowest BCUT2D eigenvalue weighted by atomic mass is 10.1. The van der Waals surface area contributed by atoms with Crippen LogP contribution in [0.25, 0.3) is 0 Å². The number of hydrogen-bond acceptors (Lipinski definition) is 3. The number of hydrogen-bond donors (Lipinski definition) is 1. The number of carbonyl (C=O) groups is 2. The number of nitrogens with one attached hydrogen (secondary N) is 1. The maximum absolute atomic E-state index is 12.7. The molecule has 8 heteroatoms. The van der Waals surface area contributed by atoms with Gasteiger partial charge in [-0.05, 0) is 37.0 Å². The molecule has 1 aliphatic carbocycles. The van der Waals surface area contributed by atoms with Crippen LogP contribution in [-0.4, -0.2) is 53.5 Å². The van der Waals surface area contributed by atoms with Gasteiger partial charge in [-0.1, -0.05) is 55.0 Å². The van der Waals surface area contributed by atoms with Gasteiger partial charge in [-0.2, -0.15) is 5.26 Å². The van der Waals surface area contributed by atoms with Gasteiger partial charge >= 0.3 is 6.03 Å². The van der Waals surface area contributed by atoms with Gasteiger partial charge in [0.2, 0.25) is 0 Å². The predicted octanol–water partition coefficient (Wildman–Crippen LogP) is 3.84. The van der Waals surface area contributed by atoms with Crippen molar-refractivity contribution < 1.29 is 9.59 Å². The molecule has 1 heterocycles. The molecule has 1 aromatic carbocycles. The first-order valence-corrected chi connectivity index (χ1v) is 10.9. The average Bonchev–Trinajstić information content (AvgIpc) is 3.52. The molecule has 6 nitrogen and oxygen atoms in total. The Hall–Kier alpha value is -2.67. The molecule has 2 fully saturated rings. The third kappa shape index (κ3) is 5.94. The van der Waals surface area contributed by atoms with Crippen LogP contribution in [0.1, 0.15) is 32.3 Å². The average molecular weight is 459 g/mol. The summed E-state index contributed by atoms with van der Waals surface area (Å²) in [7, 11) is 0. The molecule has 2 aliphatic rings. The fourth-order valence-electron chi connectivity index (χ4n) is 3.23. The number of amides is 3. The van der Waals surface area contributed by atoms with E-state index >= 15 is 0 Å². The van der Waals surface area contributed by atoms with Crippen LogP contribution in [0, 0.1) is 29.1 Å². The Morgan fingerprint density at radius 1 is 1.13 bits per heavy atom. The number of halogens is 2. The van der Waals surface area contributed by atoms with E-state index in [-0.39, 0.29) is 23.4 Å². The van der Waals surface area contributed by atoms with Gasteiger partial charge in [-0.15, -0.1) is 0 Å². The Bertz CT molecular complexity index is 1000. The minimum absolute atomic E-state index is 0.116. The molecule has 162 valence electrons. The van der Waals surface area contributed by atoms with Crippen LogP contribution in [0.15, 0.2) is 29.8 Å². The normalized spacial score (nSPS) is 17.5. The van der Waals surface area contributed by atoms with Crippen molar-refractivity contribution in [2.24, 2.45) is 5.92 Å². The van der Waals surface area contributed by atoms with Gasteiger partial charge in [-0.3, -0.25) is 4.79 Å². The van der Waals surface area contributed by atoms with Crippen LogP contribution in [0.4, 0.5) is 4.79 Å². The summed E-state index contributed by atoms with van der Waals surface area (Å²) < 4.78 is 0. The Morgan fingerprint density at radius 2 is 1.77 bits per heavy atom. The fourth-order valence-corrected chi connectivity index (χ4v) is 3.53. The van der Waals surface area contributed by atoms with Crippen LogP contribution >= 0.6 is 23.2 Å². The zero-order valence-electron chi connectivity index (χ0n) is 17.5. The molecule has 3 rings (SSSR count). The highest BCUT2D eigenvalue weighted by atomic mass is 35.5. The van der Waals surface area contributed by atoms with Crippen molar-refractivity contribution in [3.05, 3.63) is 45.5 Å². The molecule has 0 spiro atoms. The molecule has 0 unspecified atom stereocenters. The summed E-state index contributed by atoms with van der Waals surface area (Å²) in [5.74, 6) is 6.06. The topological polar surface area (TPSA) is 76.4 Å². The SMILES string of the molecule is CC(C)C=C(C#N)C(=O)N1CCN(C(=O)NC2(C#Cc3ccc(Cl)c(Cl)c3)CC2)CC1. The predicted molar refractivity (Wildman–Crippen MR) is 121 cm³/mol. The van der Waals surface area contributed by atoms with Crippen molar-refractivity contribution in [1.29, 1.82) is 5.26 Å². The van der Waals surface area contributed by atoms with Crippen LogP contribution < -0.4 is 5.32 Å². The molecular formula is C23H24Cl2N4O2. The minimum Gasteiger partial charge on any atom is -0.334 e. The molecule has 31 heavy (non-hydrogen) atoms. The summed E-state index contributed by atoms with van der Waals surface area (Å²) in [5.41, 5.74) is 0.372. The maximum Gasteiger partial charge on any atom is 0.318 e. The van der Waals surface area contributed by atoms with E-state index in [4.69, 9.17) is 23.2 Å². The van der Waals surface area contributed by atoms with E-state index in [1.54, 1.807) is 34.1 Å². The first-order chi connectivity index (χ1) is 14.7. The molecule has 0 bridgehead atoms. The summed E-state index contributed by atoms with van der Waals surface area (Å²) >= 11 is 12.0. The van der Waals surface area contributed by atoms with Gasteiger partial charge in [0, 0.05) is 31.7 Å². The second kappa shape index (κ2) is 9.64. The molecule has 0 atom stereocenters. The molecule has 1 saturated carbocycles. The van der Waals surface area contributed by atoms with Gasteiger partial charge in [-0.25, -0.2) is 4.79 Å². The van der Waals surface area contributed by atoms with Crippen molar-refractivity contribution in [3.8, 4) is 17.9 Å². The van der Waals surface area contributed by atoms with Crippen molar-refractivity contribution in [3.63, 3.8) is 0 Å². The summed E-state index contributed by atoms with van der Waals surface area (Å²) in [6.45, 7) is 5.45. The third-order valence-electron chi connectivity index (χ3n) is 5.17. The highest BCUT2D eigenvalue weighted by Gasteiger charge is 2.44. The minimum atomic E-state index is -0.524. The molecule has 1 N–H and O–H groups in total. The highest BCUT2D eigenvalue weighted by Crippen LogP contribution is 2.35. The largest absolute Gasteiger partial charge is 0.334 e. The van der Waals surface area contributed by atoms with Gasteiger partial charge in [0.05, 0.1) is 10.0 Å². The third-order valence-corrected chi connectivity index (χ3v) is 5.91. The second-order valence-electron chi connectivity index (χ2n) is 8.11. The number of piperazine rings is 1. The van der Waals surface area contributed by atoms with Gasteiger partial charge in [0.1, 0.15) is 17.2 Å². The fraction of sp³-hybridized carbons (Fsp3) is 0.435. The number of benzene rings is 1. The van der Waals surface area contributed by atoms with Crippen molar-refractivity contribution >= 4 is 35.1 Å². The number of urea groups is 1. The molecule has 1 saturated heterocycles. The Kier molecular flexibility index (Phi) is 7.15. The standard InChI is InChI=1S/C23H24Cl2N4O2/c1-16(2)13-18(15-26)21(30)28-9-11-29(12-10-28)22(31)27-23(7-8-23)6-5-17-3-4-19(24)20(25)14-17/h3-4,13-14,16H,7-12H2,1-2H3,(H,27,31). The van der Waals surface area contributed by atoms with Gasteiger partial charge < -0.3 is 15.1 Å². The Morgan fingerprint density at radius 3 is 2.32 bits per heavy atom. The molecule has 0 radical (unpaired) electrons. The van der Waals surface area contributed by atoms with Gasteiger partial charge in [0.25, 0.3) is 5.91 Å². The first kappa shape index (κ1) is 23.0. The van der Waals surface area contributed by atoms with Crippen molar-refractivity contribution in [1.82, 2.24) is 15.1 Å². The van der Waals surface area contributed by atoms with Gasteiger partial charge in [0.15, 0.2) is 0 Å². The zero-order chi connectivity index (χ0) is 22.6. The van der Waals surface area contributed by atoms with E-state index in [2.05, 4.69) is 17.2 Å². The lowest BCUT2D eigenvalue weighted by Crippen LogP contribution is -2.55. The highest BCUT2D eigenvalue weighted by molar-refractivity contribution is 6.42. The van der Waals surface area contributed by atoms with Crippen LogP contribution in [0.2, 0.25) is 10.0 Å². The van der Waals surface area contributed by atoms with Crippen LogP contribution in [-0.2, 0) is 4.79 Å². The quantitative estimate of drug-likeness (QED) is 0.424. The molecule has 0 aromatic heterocycles. The molecule has 3 amide bonds. The van der Waals surface area contributed by atoms with E-state index in [1.807, 2.05) is 19.9 Å². The Labute approximate surface area is 192 Å². The van der Waals surface area contributed by atoms with Crippen LogP contribution in [0.3, 0.4) is 0 Å². The zero-order valence-corrected chi connectivity index (χ0v) is 19.1. The van der Waals surface area contributed by atoms with E-state index in [1.165, 1.54) is 0 Å². The van der Waals surface area contributed by atoms with E-state index < -0.39 is 5.54 Å². The summed E-state index contributed by atoms with van der Waals surface area (Å²) in [6.07, 6.45) is 3.25.